The van der Waals surface area contributed by atoms with Crippen molar-refractivity contribution in [3.05, 3.63) is 11.6 Å². The molecule has 110 valence electrons. The summed E-state index contributed by atoms with van der Waals surface area (Å²) in [6, 6.07) is 0. The molecule has 0 radical (unpaired) electrons. The van der Waals surface area contributed by atoms with E-state index in [1.165, 1.54) is 7.11 Å². The maximum Gasteiger partial charge on any atom is 0.508 e. The third-order valence-corrected chi connectivity index (χ3v) is 2.03. The molecule has 0 fully saturated rings. The molecule has 0 saturated carbocycles. The van der Waals surface area contributed by atoms with Gasteiger partial charge in [-0.05, 0) is 33.6 Å². The lowest BCUT2D eigenvalue weighted by atomic mass is 10.0. The maximum absolute atomic E-state index is 12.1. The Kier molecular flexibility index (Phi) is 6.59. The third kappa shape index (κ3) is 7.49. The Morgan fingerprint density at radius 1 is 1.11 bits per heavy atom. The lowest BCUT2D eigenvalue weighted by Crippen LogP contribution is -2.30. The van der Waals surface area contributed by atoms with Crippen LogP contribution in [0.2, 0.25) is 0 Å². The number of carbonyl (C=O) groups excluding carboxylic acids is 2. The monoisotopic (exact) mass is 272 g/mol. The predicted molar refractivity (Wildman–Crippen MR) is 71.7 cm³/mol. The van der Waals surface area contributed by atoms with Gasteiger partial charge in [0.2, 0.25) is 0 Å². The van der Waals surface area contributed by atoms with Crippen molar-refractivity contribution in [3.8, 4) is 0 Å². The van der Waals surface area contributed by atoms with Crippen molar-refractivity contribution in [1.82, 2.24) is 0 Å². The molecule has 0 bridgehead atoms. The fraction of sp³-hybridized carbons (Fsp3) is 0.714. The summed E-state index contributed by atoms with van der Waals surface area (Å²) in [5.74, 6) is -0.358. The Morgan fingerprint density at radius 3 is 2.00 bits per heavy atom. The molecule has 0 aliphatic heterocycles. The zero-order valence-electron chi connectivity index (χ0n) is 12.8. The smallest absolute Gasteiger partial charge is 0.457 e. The number of rotatable bonds is 4. The van der Waals surface area contributed by atoms with Crippen LogP contribution in [0.3, 0.4) is 0 Å². The summed E-state index contributed by atoms with van der Waals surface area (Å²) in [6.45, 7) is 10.8. The lowest BCUT2D eigenvalue weighted by molar-refractivity contribution is -0.151. The van der Waals surface area contributed by atoms with Gasteiger partial charge in [-0.25, -0.2) is 9.59 Å². The van der Waals surface area contributed by atoms with Crippen molar-refractivity contribution < 1.29 is 23.8 Å². The number of esters is 1. The molecule has 0 aromatic carbocycles. The van der Waals surface area contributed by atoms with Gasteiger partial charge in [-0.1, -0.05) is 19.9 Å². The number of hydrogen-bond acceptors (Lipinski definition) is 5. The van der Waals surface area contributed by atoms with Gasteiger partial charge in [0, 0.05) is 0 Å². The molecule has 0 saturated heterocycles. The molecule has 5 heteroatoms. The van der Waals surface area contributed by atoms with Gasteiger partial charge >= 0.3 is 12.1 Å². The van der Waals surface area contributed by atoms with E-state index in [1.54, 1.807) is 33.8 Å². The minimum absolute atomic E-state index is 0.131. The van der Waals surface area contributed by atoms with Gasteiger partial charge in [0.25, 0.3) is 0 Å². The van der Waals surface area contributed by atoms with Crippen LogP contribution in [0.4, 0.5) is 4.79 Å². The van der Waals surface area contributed by atoms with Crippen LogP contribution in [0.25, 0.3) is 0 Å². The van der Waals surface area contributed by atoms with Crippen LogP contribution in [0.5, 0.6) is 0 Å². The number of allylic oxidation sites excluding steroid dienone is 1. The summed E-state index contributed by atoms with van der Waals surface area (Å²) in [7, 11) is 1.22. The van der Waals surface area contributed by atoms with Gasteiger partial charge in [-0.15, -0.1) is 0 Å². The van der Waals surface area contributed by atoms with E-state index in [0.29, 0.717) is 5.57 Å². The molecule has 0 spiro atoms. The first-order valence-electron chi connectivity index (χ1n) is 6.26. The number of methoxy groups -OCH3 is 1. The van der Waals surface area contributed by atoms with Gasteiger partial charge in [-0.3, -0.25) is 0 Å². The van der Waals surface area contributed by atoms with Crippen molar-refractivity contribution in [3.63, 3.8) is 0 Å². The highest BCUT2D eigenvalue weighted by atomic mass is 16.7. The fourth-order valence-corrected chi connectivity index (χ4v) is 1.32. The van der Waals surface area contributed by atoms with Gasteiger partial charge in [0.1, 0.15) is 11.7 Å². The van der Waals surface area contributed by atoms with Gasteiger partial charge in [-0.2, -0.15) is 0 Å². The number of ether oxygens (including phenoxy) is 3. The van der Waals surface area contributed by atoms with Crippen LogP contribution in [0.15, 0.2) is 11.6 Å². The summed E-state index contributed by atoms with van der Waals surface area (Å²) >= 11 is 0. The van der Waals surface area contributed by atoms with Crippen molar-refractivity contribution in [2.75, 3.05) is 7.11 Å². The SMILES string of the molecule is COC(=O)OC(C)/C(=C\C(C)C)C(=O)OC(C)(C)C. The van der Waals surface area contributed by atoms with Crippen LogP contribution in [-0.4, -0.2) is 30.9 Å². The fourth-order valence-electron chi connectivity index (χ4n) is 1.32. The molecule has 0 aromatic heterocycles. The molecule has 5 nitrogen and oxygen atoms in total. The lowest BCUT2D eigenvalue weighted by Gasteiger charge is -2.23. The first-order valence-corrected chi connectivity index (χ1v) is 6.26. The van der Waals surface area contributed by atoms with Crippen LogP contribution >= 0.6 is 0 Å². The second-order valence-electron chi connectivity index (χ2n) is 5.58. The normalized spacial score (nSPS) is 14.0. The molecule has 1 unspecified atom stereocenters. The molecule has 0 amide bonds. The van der Waals surface area contributed by atoms with Crippen LogP contribution < -0.4 is 0 Å². The largest absolute Gasteiger partial charge is 0.508 e. The Hall–Kier alpha value is -1.52. The minimum atomic E-state index is -0.828. The van der Waals surface area contributed by atoms with E-state index in [0.717, 1.165) is 0 Å². The van der Waals surface area contributed by atoms with E-state index in [1.807, 2.05) is 13.8 Å². The van der Waals surface area contributed by atoms with E-state index in [2.05, 4.69) is 4.74 Å². The highest BCUT2D eigenvalue weighted by molar-refractivity contribution is 5.90. The van der Waals surface area contributed by atoms with Crippen molar-refractivity contribution in [2.45, 2.75) is 53.2 Å². The van der Waals surface area contributed by atoms with Gasteiger partial charge in [0.15, 0.2) is 0 Å². The average Bonchev–Trinajstić information content (AvgIpc) is 2.22. The van der Waals surface area contributed by atoms with Crippen molar-refractivity contribution in [1.29, 1.82) is 0 Å². The summed E-state index contributed by atoms with van der Waals surface area (Å²) < 4.78 is 14.7. The first-order chi connectivity index (χ1) is 8.56. The van der Waals surface area contributed by atoms with Crippen molar-refractivity contribution >= 4 is 12.1 Å². The Labute approximate surface area is 114 Å². The zero-order chi connectivity index (χ0) is 15.2. The van der Waals surface area contributed by atoms with E-state index in [-0.39, 0.29) is 5.92 Å². The Balaban J connectivity index is 5.02. The average molecular weight is 272 g/mol. The summed E-state index contributed by atoms with van der Waals surface area (Å²) in [4.78, 5) is 23.2. The topological polar surface area (TPSA) is 61.8 Å². The second-order valence-corrected chi connectivity index (χ2v) is 5.58. The molecule has 0 heterocycles. The quantitative estimate of drug-likeness (QED) is 0.581. The molecule has 0 aromatic rings. The molecule has 0 aliphatic rings. The zero-order valence-corrected chi connectivity index (χ0v) is 12.8. The standard InChI is InChI=1S/C14H24O5/c1-9(2)8-11(10(3)18-13(16)17-7)12(15)19-14(4,5)6/h8-10H,1-7H3/b11-8+. The van der Waals surface area contributed by atoms with Crippen LogP contribution in [0.1, 0.15) is 41.5 Å². The van der Waals surface area contributed by atoms with Crippen LogP contribution in [-0.2, 0) is 19.0 Å². The molecular weight excluding hydrogens is 248 g/mol. The minimum Gasteiger partial charge on any atom is -0.457 e. The summed E-state index contributed by atoms with van der Waals surface area (Å²) in [5, 5.41) is 0. The van der Waals surface area contributed by atoms with E-state index < -0.39 is 23.8 Å². The van der Waals surface area contributed by atoms with Gasteiger partial charge < -0.3 is 14.2 Å². The predicted octanol–water partition coefficient (Wildman–Crippen LogP) is 3.08. The van der Waals surface area contributed by atoms with E-state index >= 15 is 0 Å². The summed E-state index contributed by atoms with van der Waals surface area (Å²) in [5.41, 5.74) is -0.284. The molecule has 1 atom stereocenters. The second kappa shape index (κ2) is 7.16. The first kappa shape index (κ1) is 17.5. The molecule has 19 heavy (non-hydrogen) atoms. The van der Waals surface area contributed by atoms with Gasteiger partial charge in [0.05, 0.1) is 12.7 Å². The maximum atomic E-state index is 12.1. The molecule has 0 rings (SSSR count). The Bertz CT molecular complexity index is 349. The molecule has 0 N–H and O–H groups in total. The third-order valence-electron chi connectivity index (χ3n) is 2.03. The number of carbonyl (C=O) groups is 2. The molecule has 0 aliphatic carbocycles. The number of hydrogen-bond donors (Lipinski definition) is 0. The van der Waals surface area contributed by atoms with Crippen LogP contribution in [0, 0.1) is 5.92 Å². The highest BCUT2D eigenvalue weighted by Gasteiger charge is 2.26. The Morgan fingerprint density at radius 2 is 1.63 bits per heavy atom. The summed E-state index contributed by atoms with van der Waals surface area (Å²) in [6.07, 6.45) is 0.178. The van der Waals surface area contributed by atoms with E-state index in [9.17, 15) is 9.59 Å². The van der Waals surface area contributed by atoms with E-state index in [4.69, 9.17) is 9.47 Å². The highest BCUT2D eigenvalue weighted by Crippen LogP contribution is 2.17. The molecular formula is C14H24O5. The van der Waals surface area contributed by atoms with Crippen molar-refractivity contribution in [2.24, 2.45) is 5.92 Å².